The maximum Gasteiger partial charge on any atom is 0.416 e. The van der Waals surface area contributed by atoms with Crippen LogP contribution in [0.25, 0.3) is 0 Å². The van der Waals surface area contributed by atoms with Gasteiger partial charge in [0, 0.05) is 49.9 Å². The van der Waals surface area contributed by atoms with Crippen LogP contribution in [0.5, 0.6) is 0 Å². The fraction of sp³-hybridized carbons (Fsp3) is 0.277. The fourth-order valence-electron chi connectivity index (χ4n) is 8.41. The topological polar surface area (TPSA) is 268 Å². The van der Waals surface area contributed by atoms with Gasteiger partial charge >= 0.3 is 6.18 Å². The molecule has 370 valence electrons. The second-order valence-electron chi connectivity index (χ2n) is 16.8. The van der Waals surface area contributed by atoms with E-state index in [1.807, 2.05) is 36.4 Å². The summed E-state index contributed by atoms with van der Waals surface area (Å²) in [6.07, 6.45) is -0.483. The highest BCUT2D eigenvalue weighted by atomic mass is 35.5. The average molecular weight is 1030 g/mol. The number of alkyl halides is 3. The number of nitrogens with zero attached hydrogens (tertiary/aromatic N) is 8. The molecule has 4 aromatic carbocycles. The van der Waals surface area contributed by atoms with Crippen LogP contribution in [0.3, 0.4) is 0 Å². The molecule has 0 aliphatic carbocycles. The highest BCUT2D eigenvalue weighted by molar-refractivity contribution is 7.89. The Morgan fingerprint density at radius 1 is 0.634 bits per heavy atom. The van der Waals surface area contributed by atoms with Crippen LogP contribution in [0.1, 0.15) is 64.8 Å². The SMILES string of the molecule is N#CCC1(n2cc(C(N)=O)c(Nc3ccccc3)n2)CCN(S(=O)(=O)c2ccc(C(F)(F)F)cc2)CC1.N#CCC1(n2cc(C(N)=O)c(Nc3ccccc3)n2)CCN(S(=O)(=O)c2ccccc2Cl)CC1. The molecular formula is C47H46ClF3N12O6S2. The van der Waals surface area contributed by atoms with Crippen LogP contribution in [0.2, 0.25) is 5.02 Å². The Morgan fingerprint density at radius 2 is 1.03 bits per heavy atom. The fourth-order valence-corrected chi connectivity index (χ4v) is 11.8. The van der Waals surface area contributed by atoms with Crippen molar-refractivity contribution < 1.29 is 39.6 Å². The predicted molar refractivity (Wildman–Crippen MR) is 256 cm³/mol. The number of carbonyl (C=O) groups is 2. The van der Waals surface area contributed by atoms with E-state index in [1.165, 1.54) is 37.8 Å². The van der Waals surface area contributed by atoms with Crippen LogP contribution in [-0.2, 0) is 37.3 Å². The number of aromatic nitrogens is 4. The lowest BCUT2D eigenvalue weighted by Gasteiger charge is -2.40. The maximum atomic E-state index is 13.1. The number of para-hydroxylation sites is 2. The standard InChI is InChI=1S/C24H23F3N6O3S.C23H23ClN6O3S/c25-24(26,27)17-6-8-19(9-7-17)37(35,36)32-14-11-23(10-13-28,12-15-32)33-16-20(21(29)34)22(31-33)30-18-4-2-1-3-5-18;24-19-8-4-5-9-20(19)34(32,33)29-14-11-23(10-13-25,12-15-29)30-16-18(21(26)31)22(28-30)27-17-6-2-1-3-7-17/h1-9,16H,10-12,14-15H2,(H2,29,34)(H,30,31);1-9,16H,10-12,14-15H2,(H2,26,31)(H,27,28). The molecule has 18 nitrogen and oxygen atoms in total. The van der Waals surface area contributed by atoms with Crippen LogP contribution in [0.4, 0.5) is 36.2 Å². The summed E-state index contributed by atoms with van der Waals surface area (Å²) in [7, 11) is -7.86. The van der Waals surface area contributed by atoms with Crippen molar-refractivity contribution >= 4 is 66.5 Å². The first-order valence-electron chi connectivity index (χ1n) is 21.8. The number of sulfonamides is 2. The lowest BCUT2D eigenvalue weighted by Crippen LogP contribution is -2.48. The number of benzene rings is 4. The van der Waals surface area contributed by atoms with Crippen molar-refractivity contribution in [3.05, 3.63) is 143 Å². The van der Waals surface area contributed by atoms with E-state index in [1.54, 1.807) is 41.1 Å². The second kappa shape index (κ2) is 21.0. The molecule has 6 N–H and O–H groups in total. The summed E-state index contributed by atoms with van der Waals surface area (Å²) in [5.41, 5.74) is 10.2. The molecule has 8 rings (SSSR count). The Morgan fingerprint density at radius 3 is 1.41 bits per heavy atom. The molecule has 0 unspecified atom stereocenters. The molecule has 0 bridgehead atoms. The van der Waals surface area contributed by atoms with Crippen LogP contribution in [0.15, 0.2) is 131 Å². The van der Waals surface area contributed by atoms with Gasteiger partial charge in [0.05, 0.1) is 51.5 Å². The van der Waals surface area contributed by atoms with Gasteiger partial charge in [-0.25, -0.2) is 16.8 Å². The van der Waals surface area contributed by atoms with Gasteiger partial charge in [0.2, 0.25) is 20.0 Å². The Bertz CT molecular complexity index is 3200. The number of nitriles is 2. The van der Waals surface area contributed by atoms with Gasteiger partial charge in [-0.2, -0.15) is 42.5 Å². The number of carbonyl (C=O) groups excluding carboxylic acids is 2. The van der Waals surface area contributed by atoms with Crippen LogP contribution < -0.4 is 22.1 Å². The first-order chi connectivity index (χ1) is 33.7. The molecule has 0 atom stereocenters. The van der Waals surface area contributed by atoms with Crippen LogP contribution in [0, 0.1) is 22.7 Å². The summed E-state index contributed by atoms with van der Waals surface area (Å²) in [5.74, 6) is -0.896. The molecule has 2 saturated heterocycles. The molecule has 4 heterocycles. The molecule has 6 aromatic rings. The molecule has 2 amide bonds. The molecule has 2 aliphatic heterocycles. The van der Waals surface area contributed by atoms with E-state index in [4.69, 9.17) is 23.1 Å². The van der Waals surface area contributed by atoms with E-state index in [9.17, 15) is 50.1 Å². The minimum Gasteiger partial charge on any atom is -0.365 e. The van der Waals surface area contributed by atoms with Crippen molar-refractivity contribution in [2.24, 2.45) is 11.5 Å². The number of halogens is 4. The zero-order valence-electron chi connectivity index (χ0n) is 37.6. The highest BCUT2D eigenvalue weighted by Gasteiger charge is 2.43. The van der Waals surface area contributed by atoms with Gasteiger partial charge < -0.3 is 22.1 Å². The third-order valence-corrected chi connectivity index (χ3v) is 16.7. The minimum atomic E-state index is -4.58. The Kier molecular flexibility index (Phi) is 15.2. The summed E-state index contributed by atoms with van der Waals surface area (Å²) in [6, 6.07) is 32.1. The van der Waals surface area contributed by atoms with Crippen molar-refractivity contribution in [3.8, 4) is 12.1 Å². The van der Waals surface area contributed by atoms with E-state index in [-0.39, 0.29) is 89.4 Å². The molecule has 2 aromatic heterocycles. The van der Waals surface area contributed by atoms with Crippen LogP contribution in [-0.4, -0.2) is 83.0 Å². The number of nitrogens with one attached hydrogen (secondary N) is 2. The summed E-state index contributed by atoms with van der Waals surface area (Å²) >= 11 is 6.13. The summed E-state index contributed by atoms with van der Waals surface area (Å²) in [6.45, 7) is 0.335. The molecule has 2 aliphatic rings. The van der Waals surface area contributed by atoms with E-state index < -0.39 is 54.7 Å². The first-order valence-corrected chi connectivity index (χ1v) is 25.1. The Hall–Kier alpha value is -7.28. The minimum absolute atomic E-state index is 0.00174. The van der Waals surface area contributed by atoms with Crippen LogP contribution >= 0.6 is 11.6 Å². The second-order valence-corrected chi connectivity index (χ2v) is 21.0. The quantitative estimate of drug-likeness (QED) is 0.0837. The van der Waals surface area contributed by atoms with Gasteiger partial charge in [0.25, 0.3) is 11.8 Å². The normalized spacial score (nSPS) is 16.1. The first kappa shape index (κ1) is 51.6. The zero-order valence-corrected chi connectivity index (χ0v) is 40.0. The number of hydrogen-bond donors (Lipinski definition) is 4. The van der Waals surface area contributed by atoms with Crippen molar-refractivity contribution in [2.45, 2.75) is 65.6 Å². The van der Waals surface area contributed by atoms with Gasteiger partial charge in [0.1, 0.15) is 16.0 Å². The molecule has 0 radical (unpaired) electrons. The number of piperidine rings is 2. The molecule has 2 fully saturated rings. The third kappa shape index (κ3) is 11.2. The van der Waals surface area contributed by atoms with Gasteiger partial charge in [-0.05, 0) is 86.3 Å². The molecule has 24 heteroatoms. The maximum absolute atomic E-state index is 13.1. The van der Waals surface area contributed by atoms with E-state index in [0.717, 1.165) is 30.0 Å². The monoisotopic (exact) mass is 1030 g/mol. The predicted octanol–water partition coefficient (Wildman–Crippen LogP) is 7.31. The van der Waals surface area contributed by atoms with Crippen molar-refractivity contribution in [1.29, 1.82) is 10.5 Å². The molecule has 71 heavy (non-hydrogen) atoms. The summed E-state index contributed by atoms with van der Waals surface area (Å²) in [5, 5.41) is 34.5. The van der Waals surface area contributed by atoms with Crippen molar-refractivity contribution in [3.63, 3.8) is 0 Å². The zero-order chi connectivity index (χ0) is 51.2. The number of nitrogens with two attached hydrogens (primary N) is 2. The molecule has 0 spiro atoms. The lowest BCUT2D eigenvalue weighted by atomic mass is 9.86. The van der Waals surface area contributed by atoms with E-state index in [2.05, 4.69) is 33.0 Å². The van der Waals surface area contributed by atoms with Crippen molar-refractivity contribution in [1.82, 2.24) is 28.2 Å². The van der Waals surface area contributed by atoms with Gasteiger partial charge in [-0.1, -0.05) is 60.1 Å². The molecular weight excluding hydrogens is 985 g/mol. The summed E-state index contributed by atoms with van der Waals surface area (Å²) < 4.78 is 96.7. The number of hydrogen-bond acceptors (Lipinski definition) is 12. The van der Waals surface area contributed by atoms with E-state index >= 15 is 0 Å². The number of rotatable bonds is 14. The van der Waals surface area contributed by atoms with Gasteiger partial charge in [0.15, 0.2) is 11.6 Å². The van der Waals surface area contributed by atoms with Gasteiger partial charge in [-0.3, -0.25) is 19.0 Å². The van der Waals surface area contributed by atoms with Crippen molar-refractivity contribution in [2.75, 3.05) is 36.8 Å². The average Bonchev–Trinajstić information content (AvgIpc) is 3.99. The lowest BCUT2D eigenvalue weighted by molar-refractivity contribution is -0.137. The van der Waals surface area contributed by atoms with E-state index in [0.29, 0.717) is 18.5 Å². The number of primary amides is 2. The molecule has 0 saturated carbocycles. The largest absolute Gasteiger partial charge is 0.416 e. The Labute approximate surface area is 412 Å². The number of amides is 2. The highest BCUT2D eigenvalue weighted by Crippen LogP contribution is 2.39. The number of anilines is 4. The summed E-state index contributed by atoms with van der Waals surface area (Å²) in [4.78, 5) is 24.0. The van der Waals surface area contributed by atoms with Gasteiger partial charge in [-0.15, -0.1) is 0 Å². The Balaban J connectivity index is 0.000000209. The third-order valence-electron chi connectivity index (χ3n) is 12.4. The smallest absolute Gasteiger partial charge is 0.365 e.